The quantitative estimate of drug-likeness (QED) is 0.590. The fraction of sp³-hybridized carbons (Fsp3) is 0.200. The average Bonchev–Trinajstić information content (AvgIpc) is 1.97. The highest BCUT2D eigenvalue weighted by molar-refractivity contribution is 6.75. The Kier molecular flexibility index (Phi) is 2.81. The van der Waals surface area contributed by atoms with Gasteiger partial charge in [0.15, 0.2) is 0 Å². The van der Waals surface area contributed by atoms with Crippen molar-refractivity contribution in [3.8, 4) is 0 Å². The van der Waals surface area contributed by atoms with Gasteiger partial charge in [-0.05, 0) is 0 Å². The molecule has 0 aromatic heterocycles. The normalized spacial score (nSPS) is 25.6. The first-order chi connectivity index (χ1) is 5.04. The van der Waals surface area contributed by atoms with Crippen molar-refractivity contribution in [1.82, 2.24) is 0 Å². The number of hydrogen-bond acceptors (Lipinski definition) is 1. The highest BCUT2D eigenvalue weighted by atomic mass is 35.5. The van der Waals surface area contributed by atoms with E-state index in [-0.39, 0.29) is 15.2 Å². The smallest absolute Gasteiger partial charge is 0.266 e. The van der Waals surface area contributed by atoms with Crippen LogP contribution in [0.4, 0.5) is 0 Å². The second-order valence-corrected chi connectivity index (χ2v) is 3.37. The number of rotatable bonds is 0. The van der Waals surface area contributed by atoms with Crippen LogP contribution in [-0.4, -0.2) is 16.5 Å². The van der Waals surface area contributed by atoms with E-state index in [1.54, 1.807) is 0 Å². The van der Waals surface area contributed by atoms with Gasteiger partial charge in [-0.25, -0.2) is 0 Å². The maximum atomic E-state index is 10.8. The van der Waals surface area contributed by atoms with Crippen molar-refractivity contribution in [2.45, 2.75) is 5.38 Å². The Labute approximate surface area is 82.8 Å². The maximum absolute atomic E-state index is 10.8. The predicted molar refractivity (Wildman–Crippen MR) is 46.7 cm³/mol. The van der Waals surface area contributed by atoms with E-state index in [0.29, 0.717) is 0 Å². The Morgan fingerprint density at radius 1 is 1.27 bits per heavy atom. The monoisotopic (exact) mass is 231 g/mol. The van der Waals surface area contributed by atoms with E-state index in [9.17, 15) is 4.79 Å². The molecule has 1 atom stereocenters. The van der Waals surface area contributed by atoms with Crippen LogP contribution >= 0.6 is 46.4 Å². The van der Waals surface area contributed by atoms with E-state index in [2.05, 4.69) is 4.99 Å². The lowest BCUT2D eigenvalue weighted by atomic mass is 10.3. The summed E-state index contributed by atoms with van der Waals surface area (Å²) >= 11 is 22.0. The zero-order chi connectivity index (χ0) is 8.59. The van der Waals surface area contributed by atoms with Crippen LogP contribution in [0, 0.1) is 0 Å². The van der Waals surface area contributed by atoms with Crippen LogP contribution in [0.25, 0.3) is 0 Å². The Bertz CT molecular complexity index is 270. The summed E-state index contributed by atoms with van der Waals surface area (Å²) < 4.78 is 0. The van der Waals surface area contributed by atoms with Gasteiger partial charge in [-0.15, -0.1) is 11.6 Å². The second-order valence-electron chi connectivity index (χ2n) is 1.76. The van der Waals surface area contributed by atoms with E-state index in [1.807, 2.05) is 0 Å². The number of nitrogens with zero attached hydrogens (tertiary/aromatic N) is 1. The summed E-state index contributed by atoms with van der Waals surface area (Å²) in [5.74, 6) is -0.654. The summed E-state index contributed by atoms with van der Waals surface area (Å²) in [4.78, 5) is 14.1. The van der Waals surface area contributed by atoms with Crippen molar-refractivity contribution in [1.29, 1.82) is 0 Å². The molecule has 0 fully saturated rings. The molecule has 1 aliphatic rings. The summed E-state index contributed by atoms with van der Waals surface area (Å²) in [7, 11) is 0. The number of alkyl halides is 1. The molecule has 0 bridgehead atoms. The maximum Gasteiger partial charge on any atom is 0.290 e. The largest absolute Gasteiger partial charge is 0.290 e. The lowest BCUT2D eigenvalue weighted by molar-refractivity contribution is -0.113. The SMILES string of the molecule is O=C1N=C(Cl)C(Cl)C(Cl)=C1Cl. The highest BCUT2D eigenvalue weighted by Crippen LogP contribution is 2.28. The number of aliphatic imine (C=N–C) groups is 1. The van der Waals surface area contributed by atoms with E-state index in [4.69, 9.17) is 46.4 Å². The molecule has 0 aromatic carbocycles. The van der Waals surface area contributed by atoms with Crippen LogP contribution in [0.5, 0.6) is 0 Å². The van der Waals surface area contributed by atoms with E-state index >= 15 is 0 Å². The fourth-order valence-electron chi connectivity index (χ4n) is 0.521. The Hall–Kier alpha value is 0.240. The Morgan fingerprint density at radius 2 is 1.82 bits per heavy atom. The minimum absolute atomic E-state index is 0.0262. The number of carbonyl (C=O) groups is 1. The molecule has 0 radical (unpaired) electrons. The third-order valence-corrected chi connectivity index (χ3v) is 2.86. The molecule has 0 saturated heterocycles. The Balaban J connectivity index is 3.08. The molecule has 1 unspecified atom stereocenters. The molecule has 1 aliphatic heterocycles. The highest BCUT2D eigenvalue weighted by Gasteiger charge is 2.27. The molecule has 2 nitrogen and oxygen atoms in total. The van der Waals surface area contributed by atoms with E-state index in [0.717, 1.165) is 0 Å². The zero-order valence-corrected chi connectivity index (χ0v) is 7.97. The number of dihydropyridines is 1. The standard InChI is InChI=1S/C5HCl4NO/c6-1-2(7)4(9)10-5(11)3(1)8/h2H. The van der Waals surface area contributed by atoms with Crippen molar-refractivity contribution >= 4 is 57.5 Å². The first-order valence-corrected chi connectivity index (χ1v) is 4.08. The summed E-state index contributed by atoms with van der Waals surface area (Å²) in [6.45, 7) is 0. The number of allylic oxidation sites excluding steroid dienone is 1. The van der Waals surface area contributed by atoms with Crippen LogP contribution in [0.1, 0.15) is 0 Å². The van der Waals surface area contributed by atoms with Crippen LogP contribution in [0.3, 0.4) is 0 Å². The molecular formula is C5HCl4NO. The van der Waals surface area contributed by atoms with Gasteiger partial charge >= 0.3 is 0 Å². The summed E-state index contributed by atoms with van der Waals surface area (Å²) in [6.07, 6.45) is 0. The minimum Gasteiger partial charge on any atom is -0.266 e. The molecule has 0 N–H and O–H groups in total. The molecule has 6 heteroatoms. The van der Waals surface area contributed by atoms with Gasteiger partial charge in [-0.2, -0.15) is 4.99 Å². The van der Waals surface area contributed by atoms with Crippen LogP contribution in [0.2, 0.25) is 0 Å². The molecule has 0 saturated carbocycles. The van der Waals surface area contributed by atoms with Gasteiger partial charge in [-0.1, -0.05) is 34.8 Å². The van der Waals surface area contributed by atoms with Gasteiger partial charge in [0.2, 0.25) is 0 Å². The van der Waals surface area contributed by atoms with Crippen molar-refractivity contribution in [2.75, 3.05) is 0 Å². The summed E-state index contributed by atoms with van der Waals surface area (Å²) in [5.41, 5.74) is 0. The van der Waals surface area contributed by atoms with Crippen LogP contribution in [0.15, 0.2) is 15.1 Å². The number of hydrogen-bond donors (Lipinski definition) is 0. The molecule has 0 aromatic rings. The lowest BCUT2D eigenvalue weighted by Crippen LogP contribution is -2.18. The topological polar surface area (TPSA) is 29.4 Å². The molecule has 1 rings (SSSR count). The third-order valence-electron chi connectivity index (χ3n) is 1.04. The molecule has 1 heterocycles. The van der Waals surface area contributed by atoms with Crippen molar-refractivity contribution < 1.29 is 4.79 Å². The number of amides is 1. The summed E-state index contributed by atoms with van der Waals surface area (Å²) in [5, 5.41) is -0.982. The van der Waals surface area contributed by atoms with Gasteiger partial charge in [0.05, 0.1) is 5.03 Å². The molecular weight excluding hydrogens is 232 g/mol. The van der Waals surface area contributed by atoms with Crippen LogP contribution in [-0.2, 0) is 4.79 Å². The fourth-order valence-corrected chi connectivity index (χ4v) is 1.31. The van der Waals surface area contributed by atoms with Gasteiger partial charge < -0.3 is 0 Å². The number of halogens is 4. The van der Waals surface area contributed by atoms with Gasteiger partial charge in [0, 0.05) is 0 Å². The first-order valence-electron chi connectivity index (χ1n) is 2.51. The second kappa shape index (κ2) is 3.31. The van der Waals surface area contributed by atoms with Gasteiger partial charge in [-0.3, -0.25) is 4.79 Å². The molecule has 0 aliphatic carbocycles. The van der Waals surface area contributed by atoms with Gasteiger partial charge in [0.25, 0.3) is 5.91 Å². The molecule has 0 spiro atoms. The summed E-state index contributed by atoms with van der Waals surface area (Å²) in [6, 6.07) is 0. The third kappa shape index (κ3) is 1.70. The first kappa shape index (κ1) is 9.33. The van der Waals surface area contributed by atoms with E-state index < -0.39 is 11.3 Å². The average molecular weight is 233 g/mol. The van der Waals surface area contributed by atoms with Crippen molar-refractivity contribution in [3.63, 3.8) is 0 Å². The van der Waals surface area contributed by atoms with Gasteiger partial charge in [0.1, 0.15) is 15.6 Å². The van der Waals surface area contributed by atoms with Crippen LogP contribution < -0.4 is 0 Å². The molecule has 60 valence electrons. The number of carbonyl (C=O) groups excluding carboxylic acids is 1. The Morgan fingerprint density at radius 3 is 2.36 bits per heavy atom. The molecule has 11 heavy (non-hydrogen) atoms. The van der Waals surface area contributed by atoms with E-state index in [1.165, 1.54) is 0 Å². The zero-order valence-electron chi connectivity index (χ0n) is 4.94. The lowest BCUT2D eigenvalue weighted by Gasteiger charge is -2.11. The molecule has 1 amide bonds. The predicted octanol–water partition coefficient (Wildman–Crippen LogP) is 2.46. The van der Waals surface area contributed by atoms with Crippen molar-refractivity contribution in [2.24, 2.45) is 4.99 Å². The minimum atomic E-state index is -0.788. The van der Waals surface area contributed by atoms with Crippen molar-refractivity contribution in [3.05, 3.63) is 10.1 Å².